The number of hydrogen-bond acceptors (Lipinski definition) is 3. The minimum Gasteiger partial charge on any atom is -0.321 e. The molecule has 2 rings (SSSR count). The van der Waals surface area contributed by atoms with Gasteiger partial charge in [-0.2, -0.15) is 0 Å². The van der Waals surface area contributed by atoms with E-state index in [1.165, 1.54) is 18.2 Å². The Bertz CT molecular complexity index is 888. The fourth-order valence-electron chi connectivity index (χ4n) is 2.42. The average Bonchev–Trinajstić information content (AvgIpc) is 2.49. The van der Waals surface area contributed by atoms with Crippen LogP contribution in [0.1, 0.15) is 35.3 Å². The summed E-state index contributed by atoms with van der Waals surface area (Å²) in [6, 6.07) is 9.50. The van der Waals surface area contributed by atoms with E-state index in [0.29, 0.717) is 5.69 Å². The minimum atomic E-state index is -3.71. The van der Waals surface area contributed by atoms with Gasteiger partial charge in [0.05, 0.1) is 15.5 Å². The van der Waals surface area contributed by atoms with Gasteiger partial charge in [-0.05, 0) is 57.0 Å². The Balaban J connectivity index is 2.39. The first kappa shape index (κ1) is 19.4. The summed E-state index contributed by atoms with van der Waals surface area (Å²) < 4.78 is 27.1. The number of anilines is 1. The quantitative estimate of drug-likeness (QED) is 0.826. The lowest BCUT2D eigenvalue weighted by atomic mass is 10.1. The molecule has 0 aliphatic rings. The highest BCUT2D eigenvalue weighted by molar-refractivity contribution is 7.89. The van der Waals surface area contributed by atoms with Gasteiger partial charge < -0.3 is 5.32 Å². The van der Waals surface area contributed by atoms with Crippen LogP contribution >= 0.6 is 11.6 Å². The molecule has 0 unspecified atom stereocenters. The number of para-hydroxylation sites is 1. The Kier molecular flexibility index (Phi) is 5.87. The first-order chi connectivity index (χ1) is 11.6. The van der Waals surface area contributed by atoms with Gasteiger partial charge in [0.1, 0.15) is 0 Å². The van der Waals surface area contributed by atoms with E-state index in [-0.39, 0.29) is 21.5 Å². The van der Waals surface area contributed by atoms with Crippen molar-refractivity contribution < 1.29 is 13.2 Å². The van der Waals surface area contributed by atoms with Crippen LogP contribution in [0.3, 0.4) is 0 Å². The molecule has 5 nitrogen and oxygen atoms in total. The van der Waals surface area contributed by atoms with Crippen molar-refractivity contribution in [2.24, 2.45) is 0 Å². The SMILES string of the molecule is Cc1cccc(C)c1NC(=O)c1cc(S(=O)(=O)NC(C)C)ccc1Cl. The third kappa shape index (κ3) is 4.60. The van der Waals surface area contributed by atoms with E-state index in [0.717, 1.165) is 11.1 Å². The van der Waals surface area contributed by atoms with Crippen LogP contribution in [0.15, 0.2) is 41.3 Å². The van der Waals surface area contributed by atoms with E-state index in [9.17, 15) is 13.2 Å². The first-order valence-corrected chi connectivity index (χ1v) is 9.67. The number of hydrogen-bond donors (Lipinski definition) is 2. The number of benzene rings is 2. The Morgan fingerprint density at radius 3 is 2.24 bits per heavy atom. The third-order valence-corrected chi connectivity index (χ3v) is 5.59. The summed E-state index contributed by atoms with van der Waals surface area (Å²) in [4.78, 5) is 12.6. The maximum atomic E-state index is 12.6. The molecule has 0 atom stereocenters. The zero-order chi connectivity index (χ0) is 18.8. The van der Waals surface area contributed by atoms with Gasteiger partial charge in [-0.15, -0.1) is 0 Å². The van der Waals surface area contributed by atoms with Crippen LogP contribution in [-0.4, -0.2) is 20.4 Å². The Morgan fingerprint density at radius 2 is 1.68 bits per heavy atom. The molecule has 25 heavy (non-hydrogen) atoms. The molecule has 2 aromatic carbocycles. The van der Waals surface area contributed by atoms with Gasteiger partial charge in [-0.25, -0.2) is 13.1 Å². The molecular formula is C18H21ClN2O3S. The van der Waals surface area contributed by atoms with Crippen LogP contribution in [0, 0.1) is 13.8 Å². The molecule has 0 radical (unpaired) electrons. The van der Waals surface area contributed by atoms with E-state index >= 15 is 0 Å². The van der Waals surface area contributed by atoms with Crippen LogP contribution in [0.4, 0.5) is 5.69 Å². The number of sulfonamides is 1. The fraction of sp³-hybridized carbons (Fsp3) is 0.278. The van der Waals surface area contributed by atoms with Gasteiger partial charge in [0.2, 0.25) is 10.0 Å². The van der Waals surface area contributed by atoms with Gasteiger partial charge in [0, 0.05) is 11.7 Å². The number of carbonyl (C=O) groups excluding carboxylic acids is 1. The summed E-state index contributed by atoms with van der Waals surface area (Å²) in [5.74, 6) is -0.455. The van der Waals surface area contributed by atoms with Crippen LogP contribution < -0.4 is 10.0 Å². The molecule has 0 aliphatic carbocycles. The van der Waals surface area contributed by atoms with E-state index in [1.54, 1.807) is 13.8 Å². The number of amides is 1. The van der Waals surface area contributed by atoms with E-state index in [2.05, 4.69) is 10.0 Å². The van der Waals surface area contributed by atoms with Crippen molar-refractivity contribution in [2.75, 3.05) is 5.32 Å². The summed E-state index contributed by atoms with van der Waals surface area (Å²) in [6.45, 7) is 7.22. The molecular weight excluding hydrogens is 360 g/mol. The molecule has 0 aromatic heterocycles. The average molecular weight is 381 g/mol. The second-order valence-corrected chi connectivity index (χ2v) is 8.26. The van der Waals surface area contributed by atoms with Crippen molar-refractivity contribution in [3.8, 4) is 0 Å². The number of halogens is 1. The van der Waals surface area contributed by atoms with Crippen molar-refractivity contribution in [3.05, 3.63) is 58.1 Å². The lowest BCUT2D eigenvalue weighted by Crippen LogP contribution is -2.30. The molecule has 0 heterocycles. The number of rotatable bonds is 5. The highest BCUT2D eigenvalue weighted by Gasteiger charge is 2.20. The number of carbonyl (C=O) groups is 1. The molecule has 2 aromatic rings. The molecule has 1 amide bonds. The third-order valence-electron chi connectivity index (χ3n) is 3.60. The van der Waals surface area contributed by atoms with Crippen molar-refractivity contribution in [1.29, 1.82) is 0 Å². The maximum absolute atomic E-state index is 12.6. The normalized spacial score (nSPS) is 11.6. The molecule has 0 fully saturated rings. The largest absolute Gasteiger partial charge is 0.321 e. The molecule has 0 aliphatic heterocycles. The van der Waals surface area contributed by atoms with Crippen LogP contribution in [-0.2, 0) is 10.0 Å². The number of nitrogens with one attached hydrogen (secondary N) is 2. The van der Waals surface area contributed by atoms with Gasteiger partial charge in [-0.1, -0.05) is 29.8 Å². The predicted molar refractivity (Wildman–Crippen MR) is 101 cm³/mol. The highest BCUT2D eigenvalue weighted by Crippen LogP contribution is 2.24. The van der Waals surface area contributed by atoms with Gasteiger partial charge in [-0.3, -0.25) is 4.79 Å². The topological polar surface area (TPSA) is 75.3 Å². The fourth-order valence-corrected chi connectivity index (χ4v) is 3.90. The summed E-state index contributed by atoms with van der Waals surface area (Å²) in [5, 5.41) is 3.00. The molecule has 2 N–H and O–H groups in total. The monoisotopic (exact) mass is 380 g/mol. The minimum absolute atomic E-state index is 0.00254. The van der Waals surface area contributed by atoms with Crippen molar-refractivity contribution in [3.63, 3.8) is 0 Å². The van der Waals surface area contributed by atoms with Crippen LogP contribution in [0.5, 0.6) is 0 Å². The van der Waals surface area contributed by atoms with E-state index in [1.807, 2.05) is 32.0 Å². The Morgan fingerprint density at radius 1 is 1.08 bits per heavy atom. The summed E-state index contributed by atoms with van der Waals surface area (Å²) in [5.41, 5.74) is 2.62. The lowest BCUT2D eigenvalue weighted by Gasteiger charge is -2.14. The second kappa shape index (κ2) is 7.56. The predicted octanol–water partition coefficient (Wildman–Crippen LogP) is 3.90. The smallest absolute Gasteiger partial charge is 0.257 e. The van der Waals surface area contributed by atoms with Gasteiger partial charge in [0.25, 0.3) is 5.91 Å². The molecule has 0 bridgehead atoms. The maximum Gasteiger partial charge on any atom is 0.257 e. The second-order valence-electron chi connectivity index (χ2n) is 6.14. The van der Waals surface area contributed by atoms with Crippen LogP contribution in [0.2, 0.25) is 5.02 Å². The Hall–Kier alpha value is -1.89. The zero-order valence-electron chi connectivity index (χ0n) is 14.6. The summed E-state index contributed by atoms with van der Waals surface area (Å²) >= 11 is 6.12. The van der Waals surface area contributed by atoms with E-state index in [4.69, 9.17) is 11.6 Å². The van der Waals surface area contributed by atoms with Gasteiger partial charge in [0.15, 0.2) is 0 Å². The summed E-state index contributed by atoms with van der Waals surface area (Å²) in [7, 11) is -3.71. The number of aryl methyl sites for hydroxylation is 2. The highest BCUT2D eigenvalue weighted by atomic mass is 35.5. The summed E-state index contributed by atoms with van der Waals surface area (Å²) in [6.07, 6.45) is 0. The molecule has 134 valence electrons. The van der Waals surface area contributed by atoms with Gasteiger partial charge >= 0.3 is 0 Å². The molecule has 7 heteroatoms. The first-order valence-electron chi connectivity index (χ1n) is 7.81. The van der Waals surface area contributed by atoms with E-state index < -0.39 is 15.9 Å². The van der Waals surface area contributed by atoms with Crippen molar-refractivity contribution in [1.82, 2.24) is 4.72 Å². The molecule has 0 spiro atoms. The molecule has 0 saturated heterocycles. The standard InChI is InChI=1S/C18H21ClN2O3S/c1-11(2)21-25(23,24)14-8-9-16(19)15(10-14)18(22)20-17-12(3)6-5-7-13(17)4/h5-11,21H,1-4H3,(H,20,22). The molecule has 0 saturated carbocycles. The Labute approximate surface area is 153 Å². The van der Waals surface area contributed by atoms with Crippen LogP contribution in [0.25, 0.3) is 0 Å². The van der Waals surface area contributed by atoms with Crippen molar-refractivity contribution in [2.45, 2.75) is 38.6 Å². The van der Waals surface area contributed by atoms with Crippen molar-refractivity contribution >= 4 is 33.2 Å². The zero-order valence-corrected chi connectivity index (χ0v) is 16.1. The lowest BCUT2D eigenvalue weighted by molar-refractivity contribution is 0.102.